The minimum atomic E-state index is -0.989. The number of carboxylic acid groups (broad SMARTS) is 1. The summed E-state index contributed by atoms with van der Waals surface area (Å²) in [5.41, 5.74) is 1.74. The fourth-order valence-corrected chi connectivity index (χ4v) is 3.02. The van der Waals surface area contributed by atoms with Crippen molar-refractivity contribution in [3.63, 3.8) is 0 Å². The standard InChI is InChI=1S/C20H26ClN3O3/c1-13(2)8-18(14(3)25)23-19(20(26)27)9-17-11-24(12-22-17)10-15-4-6-16(21)7-5-15/h4-7,11-13,18-19,23H,8-10H2,1-3H3,(H,26,27). The maximum absolute atomic E-state index is 11.8. The van der Waals surface area contributed by atoms with Crippen LogP contribution in [0.5, 0.6) is 0 Å². The third-order valence-corrected chi connectivity index (χ3v) is 4.53. The second-order valence-electron chi connectivity index (χ2n) is 7.22. The van der Waals surface area contributed by atoms with Gasteiger partial charge in [0.15, 0.2) is 0 Å². The number of nitrogens with one attached hydrogen (secondary N) is 1. The summed E-state index contributed by atoms with van der Waals surface area (Å²) in [5, 5.41) is 13.2. The number of carboxylic acids is 1. The molecule has 0 amide bonds. The quantitative estimate of drug-likeness (QED) is 0.649. The fourth-order valence-electron chi connectivity index (χ4n) is 2.89. The van der Waals surface area contributed by atoms with Crippen molar-refractivity contribution in [2.24, 2.45) is 5.92 Å². The van der Waals surface area contributed by atoms with Gasteiger partial charge >= 0.3 is 5.97 Å². The lowest BCUT2D eigenvalue weighted by molar-refractivity contribution is -0.139. The van der Waals surface area contributed by atoms with Gasteiger partial charge in [0.25, 0.3) is 0 Å². The number of halogens is 1. The Balaban J connectivity index is 2.03. The number of carbonyl (C=O) groups is 2. The summed E-state index contributed by atoms with van der Waals surface area (Å²) in [4.78, 5) is 27.8. The Morgan fingerprint density at radius 3 is 2.44 bits per heavy atom. The van der Waals surface area contributed by atoms with Crippen LogP contribution in [0.2, 0.25) is 5.02 Å². The summed E-state index contributed by atoms with van der Waals surface area (Å²) in [6.07, 6.45) is 4.33. The third kappa shape index (κ3) is 6.81. The minimum Gasteiger partial charge on any atom is -0.480 e. The Morgan fingerprint density at radius 2 is 1.89 bits per heavy atom. The Morgan fingerprint density at radius 1 is 1.22 bits per heavy atom. The molecule has 6 nitrogen and oxygen atoms in total. The van der Waals surface area contributed by atoms with Crippen LogP contribution in [-0.2, 0) is 22.6 Å². The molecule has 0 bridgehead atoms. The normalized spacial score (nSPS) is 13.5. The topological polar surface area (TPSA) is 84.2 Å². The van der Waals surface area contributed by atoms with E-state index in [0.29, 0.717) is 29.6 Å². The molecule has 2 atom stereocenters. The fraction of sp³-hybridized carbons (Fsp3) is 0.450. The van der Waals surface area contributed by atoms with E-state index in [-0.39, 0.29) is 12.2 Å². The molecular weight excluding hydrogens is 366 g/mol. The van der Waals surface area contributed by atoms with Crippen molar-refractivity contribution in [2.45, 2.75) is 52.2 Å². The molecule has 0 radical (unpaired) electrons. The van der Waals surface area contributed by atoms with Gasteiger partial charge in [0.05, 0.1) is 18.1 Å². The molecule has 1 heterocycles. The monoisotopic (exact) mass is 391 g/mol. The molecule has 7 heteroatoms. The molecule has 0 saturated heterocycles. The average molecular weight is 392 g/mol. The molecule has 2 N–H and O–H groups in total. The molecule has 2 rings (SSSR count). The van der Waals surface area contributed by atoms with Crippen LogP contribution in [0, 0.1) is 5.92 Å². The molecule has 0 aliphatic carbocycles. The van der Waals surface area contributed by atoms with Gasteiger partial charge < -0.3 is 9.67 Å². The molecule has 0 fully saturated rings. The number of ketones is 1. The Hall–Kier alpha value is -2.18. The second kappa shape index (κ2) is 9.67. The van der Waals surface area contributed by atoms with Crippen LogP contribution < -0.4 is 5.32 Å². The number of nitrogens with zero attached hydrogens (tertiary/aromatic N) is 2. The first-order valence-electron chi connectivity index (χ1n) is 8.99. The summed E-state index contributed by atoms with van der Waals surface area (Å²) in [5.74, 6) is -0.750. The number of hydrogen-bond donors (Lipinski definition) is 2. The largest absolute Gasteiger partial charge is 0.480 e. The zero-order chi connectivity index (χ0) is 20.0. The van der Waals surface area contributed by atoms with Crippen LogP contribution in [0.25, 0.3) is 0 Å². The smallest absolute Gasteiger partial charge is 0.321 e. The zero-order valence-corrected chi connectivity index (χ0v) is 16.6. The molecule has 2 unspecified atom stereocenters. The molecule has 1 aromatic heterocycles. The Bertz CT molecular complexity index is 771. The molecule has 2 aromatic rings. The lowest BCUT2D eigenvalue weighted by Gasteiger charge is -2.22. The molecule has 146 valence electrons. The summed E-state index contributed by atoms with van der Waals surface area (Å²) in [7, 11) is 0. The molecule has 0 spiro atoms. The van der Waals surface area contributed by atoms with Crippen molar-refractivity contribution in [2.75, 3.05) is 0 Å². The zero-order valence-electron chi connectivity index (χ0n) is 15.9. The van der Waals surface area contributed by atoms with Crippen LogP contribution in [0.3, 0.4) is 0 Å². The number of aliphatic carboxylic acids is 1. The van der Waals surface area contributed by atoms with E-state index in [2.05, 4.69) is 10.3 Å². The van der Waals surface area contributed by atoms with Crippen LogP contribution >= 0.6 is 11.6 Å². The van der Waals surface area contributed by atoms with Gasteiger partial charge in [-0.05, 0) is 37.0 Å². The summed E-state index contributed by atoms with van der Waals surface area (Å²) >= 11 is 5.90. The number of rotatable bonds is 10. The molecule has 0 aliphatic heterocycles. The van der Waals surface area contributed by atoms with Gasteiger partial charge in [-0.15, -0.1) is 0 Å². The van der Waals surface area contributed by atoms with Crippen LogP contribution in [0.15, 0.2) is 36.8 Å². The van der Waals surface area contributed by atoms with Gasteiger partial charge in [0, 0.05) is 24.2 Å². The van der Waals surface area contributed by atoms with Crippen molar-refractivity contribution in [1.82, 2.24) is 14.9 Å². The average Bonchev–Trinajstić information content (AvgIpc) is 3.02. The molecule has 1 aromatic carbocycles. The summed E-state index contributed by atoms with van der Waals surface area (Å²) in [6, 6.07) is 6.20. The number of benzene rings is 1. The molecule has 27 heavy (non-hydrogen) atoms. The number of imidazole rings is 1. The highest BCUT2D eigenvalue weighted by Crippen LogP contribution is 2.12. The number of Topliss-reactive ketones (excluding diaryl/α,β-unsaturated/α-hetero) is 1. The van der Waals surface area contributed by atoms with E-state index in [9.17, 15) is 14.7 Å². The van der Waals surface area contributed by atoms with E-state index in [4.69, 9.17) is 11.6 Å². The lowest BCUT2D eigenvalue weighted by Crippen LogP contribution is -2.48. The van der Waals surface area contributed by atoms with E-state index in [1.807, 2.05) is 48.9 Å². The molecule has 0 saturated carbocycles. The predicted molar refractivity (Wildman–Crippen MR) is 105 cm³/mol. The van der Waals surface area contributed by atoms with Crippen molar-refractivity contribution in [3.05, 3.63) is 53.1 Å². The van der Waals surface area contributed by atoms with Gasteiger partial charge in [0.1, 0.15) is 11.8 Å². The SMILES string of the molecule is CC(=O)C(CC(C)C)NC(Cc1cn(Cc2ccc(Cl)cc2)cn1)C(=O)O. The van der Waals surface area contributed by atoms with Gasteiger partial charge in [-0.25, -0.2) is 4.98 Å². The van der Waals surface area contributed by atoms with Crippen molar-refractivity contribution >= 4 is 23.4 Å². The molecular formula is C20H26ClN3O3. The van der Waals surface area contributed by atoms with Crippen molar-refractivity contribution in [1.29, 1.82) is 0 Å². The second-order valence-corrected chi connectivity index (χ2v) is 7.65. The summed E-state index contributed by atoms with van der Waals surface area (Å²) < 4.78 is 1.90. The number of aromatic nitrogens is 2. The first-order valence-corrected chi connectivity index (χ1v) is 9.36. The van der Waals surface area contributed by atoms with Gasteiger partial charge in [-0.1, -0.05) is 37.6 Å². The highest BCUT2D eigenvalue weighted by atomic mass is 35.5. The molecule has 0 aliphatic rings. The first-order chi connectivity index (χ1) is 12.7. The van der Waals surface area contributed by atoms with Gasteiger partial charge in [-0.2, -0.15) is 0 Å². The van der Waals surface area contributed by atoms with Crippen LogP contribution in [-0.4, -0.2) is 38.5 Å². The Kier molecular flexibility index (Phi) is 7.56. The van der Waals surface area contributed by atoms with E-state index >= 15 is 0 Å². The highest BCUT2D eigenvalue weighted by Gasteiger charge is 2.25. The van der Waals surface area contributed by atoms with Crippen molar-refractivity contribution in [3.8, 4) is 0 Å². The van der Waals surface area contributed by atoms with E-state index in [1.54, 1.807) is 6.33 Å². The van der Waals surface area contributed by atoms with E-state index in [0.717, 1.165) is 5.56 Å². The summed E-state index contributed by atoms with van der Waals surface area (Å²) in [6.45, 7) is 6.12. The van der Waals surface area contributed by atoms with Gasteiger partial charge in [-0.3, -0.25) is 14.9 Å². The maximum atomic E-state index is 11.8. The Labute approximate surface area is 164 Å². The van der Waals surface area contributed by atoms with E-state index in [1.165, 1.54) is 6.92 Å². The highest BCUT2D eigenvalue weighted by molar-refractivity contribution is 6.30. The number of carbonyl (C=O) groups excluding carboxylic acids is 1. The minimum absolute atomic E-state index is 0.0526. The van der Waals surface area contributed by atoms with Gasteiger partial charge in [0.2, 0.25) is 0 Å². The predicted octanol–water partition coefficient (Wildman–Crippen LogP) is 3.17. The van der Waals surface area contributed by atoms with E-state index < -0.39 is 18.1 Å². The lowest BCUT2D eigenvalue weighted by atomic mass is 9.99. The van der Waals surface area contributed by atoms with Crippen LogP contribution in [0.4, 0.5) is 0 Å². The first kappa shape index (κ1) is 21.1. The number of hydrogen-bond acceptors (Lipinski definition) is 4. The maximum Gasteiger partial charge on any atom is 0.321 e. The van der Waals surface area contributed by atoms with Crippen molar-refractivity contribution < 1.29 is 14.7 Å². The van der Waals surface area contributed by atoms with Crippen LogP contribution in [0.1, 0.15) is 38.4 Å². The third-order valence-electron chi connectivity index (χ3n) is 4.28.